The predicted octanol–water partition coefficient (Wildman–Crippen LogP) is 5.21. The molecule has 1 atom stereocenters. The van der Waals surface area contributed by atoms with Crippen molar-refractivity contribution in [2.45, 2.75) is 18.7 Å². The number of rotatable bonds is 2. The van der Waals surface area contributed by atoms with Crippen molar-refractivity contribution < 1.29 is 13.2 Å². The minimum atomic E-state index is -0.917. The van der Waals surface area contributed by atoms with Gasteiger partial charge in [0.2, 0.25) is 0 Å². The molecule has 0 spiro atoms. The van der Waals surface area contributed by atoms with Crippen LogP contribution in [0.15, 0.2) is 30.3 Å². The normalized spacial score (nSPS) is 12.5. The lowest BCUT2D eigenvalue weighted by molar-refractivity contribution is 0.527. The average molecular weight is 329 g/mol. The van der Waals surface area contributed by atoms with E-state index in [1.54, 1.807) is 6.07 Å². The van der Waals surface area contributed by atoms with Gasteiger partial charge in [-0.3, -0.25) is 0 Å². The van der Waals surface area contributed by atoms with Crippen LogP contribution in [0.4, 0.5) is 13.2 Å². The number of aryl methyl sites for hydroxylation is 1. The number of hydrogen-bond donors (Lipinski definition) is 0. The fraction of sp³-hybridized carbons (Fsp3) is 0.200. The van der Waals surface area contributed by atoms with Gasteiger partial charge in [0.15, 0.2) is 0 Å². The van der Waals surface area contributed by atoms with Crippen molar-refractivity contribution in [3.63, 3.8) is 0 Å². The SMILES string of the molecule is Cc1cccc(C(Br)c2c(F)cc(F)cc2F)c1C. The van der Waals surface area contributed by atoms with Gasteiger partial charge in [-0.2, -0.15) is 0 Å². The standard InChI is InChI=1S/C15H12BrF3/c1-8-4-3-5-11(9(8)2)15(16)14-12(18)6-10(17)7-13(14)19/h3-7,15H,1-2H3. The third-order valence-corrected chi connectivity index (χ3v) is 4.17. The number of benzene rings is 2. The van der Waals surface area contributed by atoms with Crippen molar-refractivity contribution in [1.82, 2.24) is 0 Å². The van der Waals surface area contributed by atoms with Crippen LogP contribution in [-0.4, -0.2) is 0 Å². The van der Waals surface area contributed by atoms with Gasteiger partial charge in [-0.15, -0.1) is 0 Å². The van der Waals surface area contributed by atoms with Crippen LogP contribution in [0.1, 0.15) is 27.1 Å². The molecular formula is C15H12BrF3. The molecule has 0 fully saturated rings. The maximum Gasteiger partial charge on any atom is 0.133 e. The molecule has 100 valence electrons. The molecule has 2 aromatic rings. The lowest BCUT2D eigenvalue weighted by Crippen LogP contribution is -2.04. The first kappa shape index (κ1) is 14.1. The molecular weight excluding hydrogens is 317 g/mol. The highest BCUT2D eigenvalue weighted by atomic mass is 79.9. The second kappa shape index (κ2) is 5.37. The fourth-order valence-electron chi connectivity index (χ4n) is 2.00. The highest BCUT2D eigenvalue weighted by Crippen LogP contribution is 2.36. The Hall–Kier alpha value is -1.29. The Balaban J connectivity index is 2.56. The van der Waals surface area contributed by atoms with E-state index < -0.39 is 22.3 Å². The van der Waals surface area contributed by atoms with Crippen molar-refractivity contribution in [3.05, 3.63) is 70.0 Å². The fourth-order valence-corrected chi connectivity index (χ4v) is 2.93. The van der Waals surface area contributed by atoms with E-state index in [2.05, 4.69) is 15.9 Å². The van der Waals surface area contributed by atoms with Crippen molar-refractivity contribution in [2.75, 3.05) is 0 Å². The van der Waals surface area contributed by atoms with Gasteiger partial charge in [0, 0.05) is 17.7 Å². The van der Waals surface area contributed by atoms with E-state index in [0.717, 1.165) is 16.7 Å². The smallest absolute Gasteiger partial charge is 0.133 e. The van der Waals surface area contributed by atoms with Crippen molar-refractivity contribution in [1.29, 1.82) is 0 Å². The topological polar surface area (TPSA) is 0 Å². The first-order chi connectivity index (χ1) is 8.91. The second-order valence-electron chi connectivity index (χ2n) is 4.43. The van der Waals surface area contributed by atoms with E-state index in [1.165, 1.54) is 0 Å². The first-order valence-electron chi connectivity index (χ1n) is 5.76. The summed E-state index contributed by atoms with van der Waals surface area (Å²) in [5.74, 6) is -2.69. The molecule has 4 heteroatoms. The van der Waals surface area contributed by atoms with E-state index in [4.69, 9.17) is 0 Å². The zero-order valence-electron chi connectivity index (χ0n) is 10.5. The molecule has 0 bridgehead atoms. The molecule has 0 nitrogen and oxygen atoms in total. The van der Waals surface area contributed by atoms with Gasteiger partial charge < -0.3 is 0 Å². The van der Waals surface area contributed by atoms with E-state index in [1.807, 2.05) is 26.0 Å². The maximum atomic E-state index is 13.8. The van der Waals surface area contributed by atoms with Gasteiger partial charge in [-0.1, -0.05) is 34.1 Å². The molecule has 2 aromatic carbocycles. The zero-order chi connectivity index (χ0) is 14.2. The van der Waals surface area contributed by atoms with Crippen LogP contribution in [0.5, 0.6) is 0 Å². The summed E-state index contributed by atoms with van der Waals surface area (Å²) < 4.78 is 40.5. The molecule has 0 radical (unpaired) electrons. The molecule has 1 unspecified atom stereocenters. The quantitative estimate of drug-likeness (QED) is 0.664. The van der Waals surface area contributed by atoms with Crippen LogP contribution in [-0.2, 0) is 0 Å². The Bertz CT molecular complexity index is 600. The molecule has 0 aliphatic carbocycles. The average Bonchev–Trinajstić information content (AvgIpc) is 2.31. The monoisotopic (exact) mass is 328 g/mol. The summed E-state index contributed by atoms with van der Waals surface area (Å²) in [5.41, 5.74) is 2.58. The summed E-state index contributed by atoms with van der Waals surface area (Å²) in [4.78, 5) is -0.645. The van der Waals surface area contributed by atoms with Crippen LogP contribution in [0, 0.1) is 31.3 Å². The Labute approximate surface area is 118 Å². The summed E-state index contributed by atoms with van der Waals surface area (Å²) >= 11 is 3.30. The van der Waals surface area contributed by atoms with Crippen LogP contribution in [0.25, 0.3) is 0 Å². The Morgan fingerprint density at radius 3 is 2.16 bits per heavy atom. The van der Waals surface area contributed by atoms with Crippen LogP contribution in [0.2, 0.25) is 0 Å². The van der Waals surface area contributed by atoms with E-state index in [-0.39, 0.29) is 5.56 Å². The molecule has 0 heterocycles. The Kier molecular flexibility index (Phi) is 3.99. The van der Waals surface area contributed by atoms with Crippen LogP contribution >= 0.6 is 15.9 Å². The number of halogens is 4. The molecule has 0 aliphatic rings. The van der Waals surface area contributed by atoms with Gasteiger partial charge in [-0.05, 0) is 30.5 Å². The molecule has 2 rings (SSSR count). The summed E-state index contributed by atoms with van der Waals surface area (Å²) in [6.45, 7) is 3.81. The van der Waals surface area contributed by atoms with Gasteiger partial charge in [0.05, 0.1) is 4.83 Å². The van der Waals surface area contributed by atoms with E-state index >= 15 is 0 Å². The molecule has 19 heavy (non-hydrogen) atoms. The maximum absolute atomic E-state index is 13.8. The van der Waals surface area contributed by atoms with Crippen molar-refractivity contribution in [3.8, 4) is 0 Å². The van der Waals surface area contributed by atoms with Gasteiger partial charge in [-0.25, -0.2) is 13.2 Å². The van der Waals surface area contributed by atoms with Crippen molar-refractivity contribution in [2.24, 2.45) is 0 Å². The van der Waals surface area contributed by atoms with Gasteiger partial charge >= 0.3 is 0 Å². The molecule has 0 saturated heterocycles. The molecule has 0 aromatic heterocycles. The molecule has 0 amide bonds. The number of hydrogen-bond acceptors (Lipinski definition) is 0. The predicted molar refractivity (Wildman–Crippen MR) is 73.0 cm³/mol. The minimum Gasteiger partial charge on any atom is -0.207 e. The highest BCUT2D eigenvalue weighted by Gasteiger charge is 2.22. The minimum absolute atomic E-state index is 0.171. The summed E-state index contributed by atoms with van der Waals surface area (Å²) in [6.07, 6.45) is 0. The van der Waals surface area contributed by atoms with E-state index in [0.29, 0.717) is 12.1 Å². The van der Waals surface area contributed by atoms with Gasteiger partial charge in [0.25, 0.3) is 0 Å². The lowest BCUT2D eigenvalue weighted by Gasteiger charge is -2.16. The molecule has 0 N–H and O–H groups in total. The zero-order valence-corrected chi connectivity index (χ0v) is 12.1. The van der Waals surface area contributed by atoms with Gasteiger partial charge in [0.1, 0.15) is 17.5 Å². The third kappa shape index (κ3) is 2.68. The molecule has 0 aliphatic heterocycles. The van der Waals surface area contributed by atoms with Crippen LogP contribution in [0.3, 0.4) is 0 Å². The largest absolute Gasteiger partial charge is 0.207 e. The third-order valence-electron chi connectivity index (χ3n) is 3.22. The lowest BCUT2D eigenvalue weighted by atomic mass is 9.96. The van der Waals surface area contributed by atoms with Crippen molar-refractivity contribution >= 4 is 15.9 Å². The van der Waals surface area contributed by atoms with E-state index in [9.17, 15) is 13.2 Å². The second-order valence-corrected chi connectivity index (χ2v) is 5.35. The highest BCUT2D eigenvalue weighted by molar-refractivity contribution is 9.09. The Morgan fingerprint density at radius 1 is 1.00 bits per heavy atom. The summed E-state index contributed by atoms with van der Waals surface area (Å²) in [6, 6.07) is 6.93. The molecule has 0 saturated carbocycles. The number of alkyl halides is 1. The summed E-state index contributed by atoms with van der Waals surface area (Å²) in [7, 11) is 0. The summed E-state index contributed by atoms with van der Waals surface area (Å²) in [5, 5.41) is 0. The van der Waals surface area contributed by atoms with Crippen LogP contribution < -0.4 is 0 Å². The Morgan fingerprint density at radius 2 is 1.58 bits per heavy atom. The first-order valence-corrected chi connectivity index (χ1v) is 6.68.